The van der Waals surface area contributed by atoms with Gasteiger partial charge in [0, 0.05) is 12.2 Å². The van der Waals surface area contributed by atoms with Crippen LogP contribution in [-0.2, 0) is 11.3 Å². The number of nitrogens with zero attached hydrogens (tertiary/aromatic N) is 1. The predicted octanol–water partition coefficient (Wildman–Crippen LogP) is 4.24. The number of methoxy groups -OCH3 is 1. The number of hydrogen-bond acceptors (Lipinski definition) is 4. The molecule has 0 unspecified atom stereocenters. The summed E-state index contributed by atoms with van der Waals surface area (Å²) in [7, 11) is 1.36. The highest BCUT2D eigenvalue weighted by Gasteiger charge is 2.32. The van der Waals surface area contributed by atoms with Gasteiger partial charge in [-0.05, 0) is 35.4 Å². The van der Waals surface area contributed by atoms with Crippen LogP contribution in [0.1, 0.15) is 38.0 Å². The Morgan fingerprint density at radius 1 is 0.964 bits per heavy atom. The van der Waals surface area contributed by atoms with Gasteiger partial charge in [-0.3, -0.25) is 4.79 Å². The van der Waals surface area contributed by atoms with E-state index in [4.69, 9.17) is 4.74 Å². The molecule has 0 fully saturated rings. The molecule has 0 saturated heterocycles. The number of esters is 1. The standard InChI is InChI=1S/C23H20N2O3/c1-28-23(27)18-13-11-17(12-14-18)21-24-20-10-6-5-9-19(20)22(26)25(21)15-16-7-3-2-4-8-16/h2-14,21,24H,15H2,1H3/t21-/m0/s1. The van der Waals surface area contributed by atoms with Crippen molar-refractivity contribution in [3.05, 3.63) is 101 Å². The topological polar surface area (TPSA) is 58.6 Å². The van der Waals surface area contributed by atoms with Crippen LogP contribution in [0.15, 0.2) is 78.9 Å². The van der Waals surface area contributed by atoms with Gasteiger partial charge in [0.05, 0.1) is 18.2 Å². The number of fused-ring (bicyclic) bond motifs is 1. The Morgan fingerprint density at radius 3 is 2.36 bits per heavy atom. The number of amides is 1. The minimum atomic E-state index is -0.384. The lowest BCUT2D eigenvalue weighted by molar-refractivity contribution is 0.0598. The van der Waals surface area contributed by atoms with Gasteiger partial charge in [0.25, 0.3) is 5.91 Å². The number of hydrogen-bond donors (Lipinski definition) is 1. The van der Waals surface area contributed by atoms with Crippen LogP contribution in [0.4, 0.5) is 5.69 Å². The second kappa shape index (κ2) is 7.56. The van der Waals surface area contributed by atoms with E-state index in [0.29, 0.717) is 17.7 Å². The molecule has 0 saturated carbocycles. The molecule has 1 aliphatic rings. The van der Waals surface area contributed by atoms with Gasteiger partial charge in [0.15, 0.2) is 0 Å². The first-order valence-electron chi connectivity index (χ1n) is 9.06. The summed E-state index contributed by atoms with van der Waals surface area (Å²) in [5.74, 6) is -0.411. The highest BCUT2D eigenvalue weighted by Crippen LogP contribution is 2.34. The van der Waals surface area contributed by atoms with Crippen molar-refractivity contribution in [1.29, 1.82) is 0 Å². The summed E-state index contributed by atoms with van der Waals surface area (Å²) in [5.41, 5.74) is 3.88. The quantitative estimate of drug-likeness (QED) is 0.696. The average Bonchev–Trinajstić information content (AvgIpc) is 2.76. The number of para-hydroxylation sites is 1. The number of carbonyl (C=O) groups is 2. The average molecular weight is 372 g/mol. The molecule has 3 aromatic carbocycles. The zero-order valence-corrected chi connectivity index (χ0v) is 15.5. The van der Waals surface area contributed by atoms with Crippen LogP contribution in [0.5, 0.6) is 0 Å². The lowest BCUT2D eigenvalue weighted by Gasteiger charge is -2.38. The first-order valence-corrected chi connectivity index (χ1v) is 9.06. The molecule has 1 atom stereocenters. The fourth-order valence-electron chi connectivity index (χ4n) is 3.42. The second-order valence-corrected chi connectivity index (χ2v) is 6.62. The molecule has 1 heterocycles. The molecule has 0 aliphatic carbocycles. The third-order valence-electron chi connectivity index (χ3n) is 4.87. The maximum Gasteiger partial charge on any atom is 0.337 e. The zero-order chi connectivity index (χ0) is 19.5. The molecule has 1 aliphatic heterocycles. The Balaban J connectivity index is 1.71. The van der Waals surface area contributed by atoms with E-state index in [9.17, 15) is 9.59 Å². The van der Waals surface area contributed by atoms with Gasteiger partial charge >= 0.3 is 5.97 Å². The highest BCUT2D eigenvalue weighted by molar-refractivity contribution is 6.01. The molecule has 3 aromatic rings. The van der Waals surface area contributed by atoms with Gasteiger partial charge in [0.2, 0.25) is 0 Å². The minimum absolute atomic E-state index is 0.0275. The van der Waals surface area contributed by atoms with E-state index in [0.717, 1.165) is 16.8 Å². The molecule has 0 radical (unpaired) electrons. The molecule has 5 nitrogen and oxygen atoms in total. The molecule has 0 aromatic heterocycles. The third kappa shape index (κ3) is 3.34. The minimum Gasteiger partial charge on any atom is -0.465 e. The lowest BCUT2D eigenvalue weighted by Crippen LogP contribution is -2.42. The molecule has 28 heavy (non-hydrogen) atoms. The maximum atomic E-state index is 13.2. The lowest BCUT2D eigenvalue weighted by atomic mass is 10.0. The highest BCUT2D eigenvalue weighted by atomic mass is 16.5. The number of carbonyl (C=O) groups excluding carboxylic acids is 2. The van der Waals surface area contributed by atoms with E-state index < -0.39 is 0 Å². The van der Waals surface area contributed by atoms with Crippen molar-refractivity contribution >= 4 is 17.6 Å². The summed E-state index contributed by atoms with van der Waals surface area (Å²) in [6, 6.07) is 24.5. The normalized spacial score (nSPS) is 15.5. The van der Waals surface area contributed by atoms with Crippen molar-refractivity contribution < 1.29 is 14.3 Å². The Hall–Kier alpha value is -3.60. The summed E-state index contributed by atoms with van der Waals surface area (Å²) in [5, 5.41) is 3.47. The first kappa shape index (κ1) is 17.8. The van der Waals surface area contributed by atoms with Gasteiger partial charge in [-0.15, -0.1) is 0 Å². The van der Waals surface area contributed by atoms with Crippen LogP contribution < -0.4 is 5.32 Å². The first-order chi connectivity index (χ1) is 13.7. The summed E-state index contributed by atoms with van der Waals surface area (Å²) in [6.07, 6.45) is -0.339. The largest absolute Gasteiger partial charge is 0.465 e. The number of ether oxygens (including phenoxy) is 1. The van der Waals surface area contributed by atoms with Crippen molar-refractivity contribution in [3.63, 3.8) is 0 Å². The SMILES string of the molecule is COC(=O)c1ccc([C@H]2Nc3ccccc3C(=O)N2Cc2ccccc2)cc1. The molecule has 1 amide bonds. The van der Waals surface area contributed by atoms with E-state index in [2.05, 4.69) is 5.32 Å². The molecule has 4 rings (SSSR count). The third-order valence-corrected chi connectivity index (χ3v) is 4.87. The monoisotopic (exact) mass is 372 g/mol. The Labute approximate surface area is 163 Å². The molecule has 1 N–H and O–H groups in total. The number of benzene rings is 3. The Morgan fingerprint density at radius 2 is 1.64 bits per heavy atom. The van der Waals surface area contributed by atoms with Crippen molar-refractivity contribution in [2.45, 2.75) is 12.7 Å². The van der Waals surface area contributed by atoms with Crippen LogP contribution in [0, 0.1) is 0 Å². The van der Waals surface area contributed by atoms with E-state index in [1.807, 2.05) is 71.6 Å². The molecule has 0 spiro atoms. The smallest absolute Gasteiger partial charge is 0.337 e. The summed E-state index contributed by atoms with van der Waals surface area (Å²) in [4.78, 5) is 26.8. The number of rotatable bonds is 4. The van der Waals surface area contributed by atoms with Crippen molar-refractivity contribution in [1.82, 2.24) is 4.90 Å². The molecule has 5 heteroatoms. The van der Waals surface area contributed by atoms with Crippen LogP contribution in [-0.4, -0.2) is 23.9 Å². The summed E-state index contributed by atoms with van der Waals surface area (Å²) >= 11 is 0. The zero-order valence-electron chi connectivity index (χ0n) is 15.5. The predicted molar refractivity (Wildman–Crippen MR) is 107 cm³/mol. The van der Waals surface area contributed by atoms with Crippen LogP contribution >= 0.6 is 0 Å². The second-order valence-electron chi connectivity index (χ2n) is 6.62. The van der Waals surface area contributed by atoms with Gasteiger partial charge in [-0.2, -0.15) is 0 Å². The fourth-order valence-corrected chi connectivity index (χ4v) is 3.42. The summed E-state index contributed by atoms with van der Waals surface area (Å²) < 4.78 is 4.77. The van der Waals surface area contributed by atoms with Crippen LogP contribution in [0.3, 0.4) is 0 Å². The van der Waals surface area contributed by atoms with Crippen molar-refractivity contribution in [2.24, 2.45) is 0 Å². The van der Waals surface area contributed by atoms with Gasteiger partial charge in [0.1, 0.15) is 6.17 Å². The number of nitrogens with one attached hydrogen (secondary N) is 1. The number of anilines is 1. The molecule has 0 bridgehead atoms. The molecular weight excluding hydrogens is 352 g/mol. The van der Waals surface area contributed by atoms with Crippen LogP contribution in [0.25, 0.3) is 0 Å². The van der Waals surface area contributed by atoms with Gasteiger partial charge < -0.3 is 15.0 Å². The maximum absolute atomic E-state index is 13.2. The van der Waals surface area contributed by atoms with Crippen molar-refractivity contribution in [3.8, 4) is 0 Å². The molecule has 140 valence electrons. The van der Waals surface area contributed by atoms with Gasteiger partial charge in [-0.25, -0.2) is 4.79 Å². The Kier molecular flexibility index (Phi) is 4.81. The van der Waals surface area contributed by atoms with E-state index in [1.54, 1.807) is 12.1 Å². The summed E-state index contributed by atoms with van der Waals surface area (Å²) in [6.45, 7) is 0.477. The van der Waals surface area contributed by atoms with E-state index in [-0.39, 0.29) is 18.0 Å². The van der Waals surface area contributed by atoms with Crippen molar-refractivity contribution in [2.75, 3.05) is 12.4 Å². The molecular formula is C23H20N2O3. The van der Waals surface area contributed by atoms with E-state index in [1.165, 1.54) is 7.11 Å². The fraction of sp³-hybridized carbons (Fsp3) is 0.130. The van der Waals surface area contributed by atoms with E-state index >= 15 is 0 Å². The Bertz CT molecular complexity index is 1000. The van der Waals surface area contributed by atoms with Crippen LogP contribution in [0.2, 0.25) is 0 Å². The van der Waals surface area contributed by atoms with Gasteiger partial charge in [-0.1, -0.05) is 54.6 Å².